The summed E-state index contributed by atoms with van der Waals surface area (Å²) in [5.74, 6) is 1.49. The van der Waals surface area contributed by atoms with Crippen molar-refractivity contribution in [2.45, 2.75) is 38.1 Å². The molecule has 3 atom stereocenters. The van der Waals surface area contributed by atoms with E-state index in [1.54, 1.807) is 7.11 Å². The lowest BCUT2D eigenvalue weighted by atomic mass is 9.63. The third kappa shape index (κ3) is 4.41. The highest BCUT2D eigenvalue weighted by atomic mass is 16.5. The fourth-order valence-corrected chi connectivity index (χ4v) is 4.46. The van der Waals surface area contributed by atoms with Crippen molar-refractivity contribution in [2.24, 2.45) is 10.9 Å². The van der Waals surface area contributed by atoms with E-state index >= 15 is 0 Å². The second kappa shape index (κ2) is 8.71. The molecular formula is C24H32N2O. The molecule has 1 aliphatic heterocycles. The zero-order valence-corrected chi connectivity index (χ0v) is 17.1. The first-order chi connectivity index (χ1) is 13.0. The van der Waals surface area contributed by atoms with Crippen LogP contribution in [0.15, 0.2) is 59.6 Å². The van der Waals surface area contributed by atoms with Gasteiger partial charge in [-0.15, -0.1) is 0 Å². The minimum Gasteiger partial charge on any atom is -0.497 e. The smallest absolute Gasteiger partial charge is 0.118 e. The van der Waals surface area contributed by atoms with Gasteiger partial charge in [0, 0.05) is 30.8 Å². The fraction of sp³-hybridized carbons (Fsp3) is 0.458. The Morgan fingerprint density at radius 2 is 1.81 bits per heavy atom. The highest BCUT2D eigenvalue weighted by Crippen LogP contribution is 2.44. The molecule has 0 bridgehead atoms. The van der Waals surface area contributed by atoms with E-state index in [1.165, 1.54) is 12.0 Å². The van der Waals surface area contributed by atoms with Crippen LogP contribution < -0.4 is 4.74 Å². The van der Waals surface area contributed by atoms with Crippen LogP contribution in [0.1, 0.15) is 37.8 Å². The number of hydrogen-bond acceptors (Lipinski definition) is 3. The number of benzene rings is 2. The molecule has 0 amide bonds. The lowest BCUT2D eigenvalue weighted by Crippen LogP contribution is -2.51. The third-order valence-corrected chi connectivity index (χ3v) is 6.31. The van der Waals surface area contributed by atoms with Crippen LogP contribution in [0.25, 0.3) is 0 Å². The van der Waals surface area contributed by atoms with Gasteiger partial charge >= 0.3 is 0 Å². The number of rotatable bonds is 6. The van der Waals surface area contributed by atoms with Gasteiger partial charge < -0.3 is 9.64 Å². The molecule has 2 aromatic rings. The maximum Gasteiger partial charge on any atom is 0.118 e. The summed E-state index contributed by atoms with van der Waals surface area (Å²) >= 11 is 0. The number of aliphatic imine (C=N–C) groups is 1. The second-order valence-corrected chi connectivity index (χ2v) is 7.97. The second-order valence-electron chi connectivity index (χ2n) is 7.97. The van der Waals surface area contributed by atoms with Crippen molar-refractivity contribution in [3.05, 3.63) is 65.7 Å². The maximum atomic E-state index is 5.22. The molecule has 2 aromatic carbocycles. The number of ether oxygens (including phenoxy) is 1. The number of methoxy groups -OCH3 is 1. The maximum absolute atomic E-state index is 5.22. The molecule has 3 heteroatoms. The van der Waals surface area contributed by atoms with Crippen LogP contribution >= 0.6 is 0 Å². The normalized spacial score (nSPS) is 26.4. The van der Waals surface area contributed by atoms with Crippen molar-refractivity contribution in [3.8, 4) is 5.75 Å². The van der Waals surface area contributed by atoms with Gasteiger partial charge in [-0.1, -0.05) is 37.3 Å². The average Bonchev–Trinajstić information content (AvgIpc) is 2.70. The van der Waals surface area contributed by atoms with Gasteiger partial charge in [-0.3, -0.25) is 4.99 Å². The molecule has 0 radical (unpaired) electrons. The van der Waals surface area contributed by atoms with Crippen LogP contribution in [-0.4, -0.2) is 44.4 Å². The molecule has 0 aromatic heterocycles. The van der Waals surface area contributed by atoms with E-state index in [-0.39, 0.29) is 5.41 Å². The molecule has 0 aliphatic carbocycles. The minimum atomic E-state index is 0.199. The Bertz CT molecular complexity index is 741. The summed E-state index contributed by atoms with van der Waals surface area (Å²) in [4.78, 5) is 7.25. The van der Waals surface area contributed by atoms with Crippen LogP contribution in [0.3, 0.4) is 0 Å². The zero-order valence-electron chi connectivity index (χ0n) is 17.1. The highest BCUT2D eigenvalue weighted by molar-refractivity contribution is 5.79. The molecule has 1 saturated heterocycles. The first kappa shape index (κ1) is 19.6. The predicted octanol–water partition coefficient (Wildman–Crippen LogP) is 4.80. The van der Waals surface area contributed by atoms with E-state index in [2.05, 4.69) is 68.3 Å². The number of hydrogen-bond donors (Lipinski definition) is 0. The summed E-state index contributed by atoms with van der Waals surface area (Å²) in [6, 6.07) is 19.7. The Labute approximate surface area is 164 Å². The summed E-state index contributed by atoms with van der Waals surface area (Å²) in [7, 11) is 3.94. The molecule has 0 spiro atoms. The zero-order chi connectivity index (χ0) is 19.3. The summed E-state index contributed by atoms with van der Waals surface area (Å²) in [5, 5.41) is 0. The van der Waals surface area contributed by atoms with E-state index < -0.39 is 0 Å². The van der Waals surface area contributed by atoms with Crippen molar-refractivity contribution in [3.63, 3.8) is 0 Å². The van der Waals surface area contributed by atoms with Gasteiger partial charge in [0.15, 0.2) is 0 Å². The van der Waals surface area contributed by atoms with E-state index in [4.69, 9.17) is 9.73 Å². The molecule has 1 aliphatic rings. The summed E-state index contributed by atoms with van der Waals surface area (Å²) in [5.41, 5.74) is 2.79. The van der Waals surface area contributed by atoms with Gasteiger partial charge in [0.1, 0.15) is 5.75 Å². The molecule has 3 rings (SSSR count). The van der Waals surface area contributed by atoms with E-state index in [0.717, 1.165) is 30.8 Å². The topological polar surface area (TPSA) is 24.8 Å². The quantitative estimate of drug-likeness (QED) is 0.688. The Hall–Kier alpha value is -2.13. The highest BCUT2D eigenvalue weighted by Gasteiger charge is 2.43. The van der Waals surface area contributed by atoms with E-state index in [1.807, 2.05) is 18.3 Å². The monoisotopic (exact) mass is 364 g/mol. The minimum absolute atomic E-state index is 0.199. The van der Waals surface area contributed by atoms with Crippen molar-refractivity contribution in [1.29, 1.82) is 0 Å². The van der Waals surface area contributed by atoms with Gasteiger partial charge in [-0.05, 0) is 68.1 Å². The van der Waals surface area contributed by atoms with Crippen LogP contribution in [0, 0.1) is 5.92 Å². The molecule has 0 unspecified atom stereocenters. The van der Waals surface area contributed by atoms with E-state index in [0.29, 0.717) is 12.0 Å². The number of piperidine rings is 1. The molecule has 1 heterocycles. The SMILES string of the molecule is COc1ccc(C=NCC[C@@]2(c3ccccc3)C[C@H](C)N(C)C[C@@H]2C)cc1. The van der Waals surface area contributed by atoms with Crippen molar-refractivity contribution in [1.82, 2.24) is 4.90 Å². The van der Waals surface area contributed by atoms with Gasteiger partial charge in [0.05, 0.1) is 7.11 Å². The molecular weight excluding hydrogens is 332 g/mol. The van der Waals surface area contributed by atoms with Crippen molar-refractivity contribution in [2.75, 3.05) is 27.2 Å². The van der Waals surface area contributed by atoms with Crippen molar-refractivity contribution >= 4 is 6.21 Å². The molecule has 27 heavy (non-hydrogen) atoms. The Balaban J connectivity index is 1.75. The van der Waals surface area contributed by atoms with Crippen LogP contribution in [0.2, 0.25) is 0 Å². The van der Waals surface area contributed by atoms with Crippen LogP contribution in [0.5, 0.6) is 5.75 Å². The van der Waals surface area contributed by atoms with Crippen LogP contribution in [0.4, 0.5) is 0 Å². The molecule has 3 nitrogen and oxygen atoms in total. The van der Waals surface area contributed by atoms with E-state index in [9.17, 15) is 0 Å². The van der Waals surface area contributed by atoms with Gasteiger partial charge in [-0.25, -0.2) is 0 Å². The van der Waals surface area contributed by atoms with Crippen LogP contribution in [-0.2, 0) is 5.41 Å². The summed E-state index contributed by atoms with van der Waals surface area (Å²) < 4.78 is 5.22. The largest absolute Gasteiger partial charge is 0.497 e. The first-order valence-electron chi connectivity index (χ1n) is 9.95. The predicted molar refractivity (Wildman–Crippen MR) is 114 cm³/mol. The molecule has 1 fully saturated rings. The number of likely N-dealkylation sites (tertiary alicyclic amines) is 1. The lowest BCUT2D eigenvalue weighted by Gasteiger charge is -2.49. The number of nitrogens with zero attached hydrogens (tertiary/aromatic N) is 2. The Morgan fingerprint density at radius 3 is 2.48 bits per heavy atom. The standard InChI is InChI=1S/C24H32N2O/c1-19-18-26(3)20(2)16-24(19,22-8-6-5-7-9-22)14-15-25-17-21-10-12-23(27-4)13-11-21/h5-13,17,19-20H,14-16,18H2,1-4H3/t19-,20-,24+/m0/s1. The lowest BCUT2D eigenvalue weighted by molar-refractivity contribution is 0.0705. The Kier molecular flexibility index (Phi) is 6.33. The van der Waals surface area contributed by atoms with Gasteiger partial charge in [0.2, 0.25) is 0 Å². The van der Waals surface area contributed by atoms with Crippen molar-refractivity contribution < 1.29 is 4.74 Å². The van der Waals surface area contributed by atoms with Gasteiger partial charge in [-0.2, -0.15) is 0 Å². The first-order valence-corrected chi connectivity index (χ1v) is 9.95. The molecule has 0 N–H and O–H groups in total. The van der Waals surface area contributed by atoms with Gasteiger partial charge in [0.25, 0.3) is 0 Å². The summed E-state index contributed by atoms with van der Waals surface area (Å²) in [6.45, 7) is 6.74. The molecule has 144 valence electrons. The fourth-order valence-electron chi connectivity index (χ4n) is 4.46. The summed E-state index contributed by atoms with van der Waals surface area (Å²) in [6.07, 6.45) is 4.26. The Morgan fingerprint density at radius 1 is 1.11 bits per heavy atom. The third-order valence-electron chi connectivity index (χ3n) is 6.31. The average molecular weight is 365 g/mol. The molecule has 0 saturated carbocycles.